The normalized spacial score (nSPS) is 18.2. The molecular formula is C27H34F7N4O5P. The minimum absolute atomic E-state index is 0.00310. The van der Waals surface area contributed by atoms with Gasteiger partial charge in [-0.25, -0.2) is 9.18 Å². The van der Waals surface area contributed by atoms with Crippen LogP contribution in [0.25, 0.3) is 0 Å². The number of nitrogens with zero attached hydrogens (tertiary/aromatic N) is 3. The van der Waals surface area contributed by atoms with Crippen LogP contribution in [0, 0.1) is 5.82 Å². The van der Waals surface area contributed by atoms with Crippen LogP contribution >= 0.6 is 8.53 Å². The summed E-state index contributed by atoms with van der Waals surface area (Å²) < 4.78 is 106. The van der Waals surface area contributed by atoms with Gasteiger partial charge in [-0.3, -0.25) is 9.88 Å². The topological polar surface area (TPSA) is 113 Å². The number of hydrogen-bond donors (Lipinski definition) is 3. The monoisotopic (exact) mass is 658 g/mol. The molecule has 0 spiro atoms. The first-order valence-corrected chi connectivity index (χ1v) is 14.8. The zero-order valence-corrected chi connectivity index (χ0v) is 25.3. The average Bonchev–Trinajstić information content (AvgIpc) is 3.35. The molecule has 0 saturated carbocycles. The molecule has 9 nitrogen and oxygen atoms in total. The molecule has 2 aromatic carbocycles. The predicted molar refractivity (Wildman–Crippen MR) is 148 cm³/mol. The summed E-state index contributed by atoms with van der Waals surface area (Å²) in [6.07, 6.45) is -12.7. The fourth-order valence-electron chi connectivity index (χ4n) is 4.24. The van der Waals surface area contributed by atoms with Gasteiger partial charge in [-0.15, -0.1) is 9.55 Å². The number of nitrogens with one attached hydrogen (secondary N) is 1. The van der Waals surface area contributed by atoms with E-state index < -0.39 is 67.5 Å². The van der Waals surface area contributed by atoms with Gasteiger partial charge in [-0.1, -0.05) is 39.8 Å². The molecule has 0 radical (unpaired) electrons. The molecule has 0 aliphatic carbocycles. The molecule has 0 amide bonds. The lowest BCUT2D eigenvalue weighted by molar-refractivity contribution is -0.231. The third-order valence-electron chi connectivity index (χ3n) is 6.11. The summed E-state index contributed by atoms with van der Waals surface area (Å²) in [5, 5.41) is 3.83. The molecule has 3 aromatic rings. The molecule has 17 heteroatoms. The first-order chi connectivity index (χ1) is 20.6. The maximum absolute atomic E-state index is 13.7. The quantitative estimate of drug-likeness (QED) is 0.195. The molecule has 2 heterocycles. The molecule has 1 aliphatic heterocycles. The highest BCUT2D eigenvalue weighted by Gasteiger charge is 2.39. The van der Waals surface area contributed by atoms with E-state index in [2.05, 4.69) is 10.1 Å². The lowest BCUT2D eigenvalue weighted by atomic mass is 10.0. The van der Waals surface area contributed by atoms with Gasteiger partial charge in [0, 0.05) is 6.54 Å². The zero-order valence-electron chi connectivity index (χ0n) is 24.4. The first kappa shape index (κ1) is 37.3. The number of aromatic nitrogens is 3. The lowest BCUT2D eigenvalue weighted by Gasteiger charge is -2.41. The molecule has 1 aromatic heterocycles. The highest BCUT2D eigenvalue weighted by Crippen LogP contribution is 2.40. The second kappa shape index (κ2) is 15.9. The van der Waals surface area contributed by atoms with Crippen LogP contribution in [0.15, 0.2) is 47.3 Å². The van der Waals surface area contributed by atoms with Gasteiger partial charge in [0.2, 0.25) is 0 Å². The van der Waals surface area contributed by atoms with Gasteiger partial charge in [0.1, 0.15) is 11.6 Å². The Morgan fingerprint density at radius 3 is 2.05 bits per heavy atom. The van der Waals surface area contributed by atoms with Crippen LogP contribution in [0.3, 0.4) is 0 Å². The number of aromatic amines is 1. The molecule has 44 heavy (non-hydrogen) atoms. The molecule has 1 saturated heterocycles. The Hall–Kier alpha value is -2.88. The Bertz CT molecular complexity index is 1350. The van der Waals surface area contributed by atoms with E-state index in [1.165, 1.54) is 19.1 Å². The molecule has 4 rings (SSSR count). The third kappa shape index (κ3) is 9.56. The summed E-state index contributed by atoms with van der Waals surface area (Å²) in [4.78, 5) is 34.7. The third-order valence-corrected chi connectivity index (χ3v) is 6.72. The summed E-state index contributed by atoms with van der Waals surface area (Å²) in [6, 6.07) is 5.34. The van der Waals surface area contributed by atoms with E-state index in [4.69, 9.17) is 9.47 Å². The number of halogens is 7. The minimum Gasteiger partial charge on any atom is -0.349 e. The summed E-state index contributed by atoms with van der Waals surface area (Å²) in [5.41, 5.74) is -3.86. The Kier molecular flexibility index (Phi) is 13.5. The second-order valence-corrected chi connectivity index (χ2v) is 9.77. The van der Waals surface area contributed by atoms with Crippen LogP contribution in [0.2, 0.25) is 0 Å². The highest BCUT2D eigenvalue weighted by molar-refractivity contribution is 7.43. The van der Waals surface area contributed by atoms with Crippen LogP contribution in [0.1, 0.15) is 74.8 Å². The van der Waals surface area contributed by atoms with Gasteiger partial charge in [0.25, 0.3) is 0 Å². The van der Waals surface area contributed by atoms with Gasteiger partial charge >= 0.3 is 26.6 Å². The standard InChI is InChI=1S/C23H22F7N4O5P.2C2H6/c1-12(14-8-15(22(25,26)27)10-16(9-14)23(28,29)30)39-20-19(13-2-4-17(24)5-3-13)33(6-7-38-20)11-18-31-21(35)34(32-18)40(36)37;2*1-2/h2-5,8-10,12,19-20,36-37H,6-7,11H2,1H3,(H,31,32,35);2*1-2H3/t12-,19-,20+;;/m1../s1. The van der Waals surface area contributed by atoms with Gasteiger partial charge in [0.05, 0.1) is 36.4 Å². The Morgan fingerprint density at radius 2 is 1.57 bits per heavy atom. The van der Waals surface area contributed by atoms with E-state index in [-0.39, 0.29) is 31.6 Å². The van der Waals surface area contributed by atoms with Crippen molar-refractivity contribution in [2.24, 2.45) is 0 Å². The van der Waals surface area contributed by atoms with Crippen LogP contribution in [0.4, 0.5) is 30.7 Å². The average molecular weight is 659 g/mol. The fraction of sp³-hybridized carbons (Fsp3) is 0.481. The summed E-state index contributed by atoms with van der Waals surface area (Å²) in [6.45, 7) is 9.36. The number of hydrogen-bond acceptors (Lipinski definition) is 7. The lowest BCUT2D eigenvalue weighted by Crippen LogP contribution is -2.46. The van der Waals surface area contributed by atoms with Gasteiger partial charge in [-0.2, -0.15) is 26.3 Å². The van der Waals surface area contributed by atoms with Crippen molar-refractivity contribution in [3.63, 3.8) is 0 Å². The summed E-state index contributed by atoms with van der Waals surface area (Å²) in [5.74, 6) is -0.544. The van der Waals surface area contributed by atoms with E-state index in [0.29, 0.717) is 22.1 Å². The van der Waals surface area contributed by atoms with Crippen LogP contribution in [-0.4, -0.2) is 48.7 Å². The Morgan fingerprint density at radius 1 is 1.02 bits per heavy atom. The Labute approximate surface area is 250 Å². The molecule has 0 bridgehead atoms. The van der Waals surface area contributed by atoms with Gasteiger partial charge in [-0.05, 0) is 48.4 Å². The minimum atomic E-state index is -5.05. The predicted octanol–water partition coefficient (Wildman–Crippen LogP) is 6.54. The van der Waals surface area contributed by atoms with Crippen molar-refractivity contribution >= 4 is 8.53 Å². The maximum Gasteiger partial charge on any atom is 0.416 e. The molecule has 246 valence electrons. The molecule has 0 unspecified atom stereocenters. The van der Waals surface area contributed by atoms with Crippen molar-refractivity contribution in [1.29, 1.82) is 0 Å². The van der Waals surface area contributed by atoms with Gasteiger partial charge < -0.3 is 19.3 Å². The maximum atomic E-state index is 13.7. The second-order valence-electron chi connectivity index (χ2n) is 8.86. The first-order valence-electron chi connectivity index (χ1n) is 13.6. The summed E-state index contributed by atoms with van der Waals surface area (Å²) in [7, 11) is -2.85. The number of morpholine rings is 1. The van der Waals surface area contributed by atoms with E-state index in [1.807, 2.05) is 27.7 Å². The molecule has 1 fully saturated rings. The van der Waals surface area contributed by atoms with Crippen LogP contribution in [0.5, 0.6) is 0 Å². The number of ether oxygens (including phenoxy) is 2. The summed E-state index contributed by atoms with van der Waals surface area (Å²) >= 11 is 0. The van der Waals surface area contributed by atoms with Crippen molar-refractivity contribution in [3.8, 4) is 0 Å². The van der Waals surface area contributed by atoms with Crippen LogP contribution in [-0.2, 0) is 28.4 Å². The van der Waals surface area contributed by atoms with Crippen LogP contribution < -0.4 is 5.69 Å². The molecule has 1 aliphatic rings. The van der Waals surface area contributed by atoms with Crippen molar-refractivity contribution < 1.29 is 50.0 Å². The van der Waals surface area contributed by atoms with E-state index in [9.17, 15) is 45.3 Å². The highest BCUT2D eigenvalue weighted by atomic mass is 31.2. The fourth-order valence-corrected chi connectivity index (χ4v) is 4.64. The number of benzene rings is 2. The SMILES string of the molecule is CC.CC.C[C@@H](O[C@@H]1OCCN(Cc2nn(P(O)O)c(=O)[nH]2)[C@@H]1c1ccc(F)cc1)c1cc(C(F)(F)F)cc(C(F)(F)F)c1. The van der Waals surface area contributed by atoms with E-state index in [1.54, 1.807) is 4.90 Å². The van der Waals surface area contributed by atoms with Crippen molar-refractivity contribution in [3.05, 3.63) is 86.8 Å². The molecule has 3 atom stereocenters. The number of alkyl halides is 6. The zero-order chi connectivity index (χ0) is 33.4. The van der Waals surface area contributed by atoms with E-state index in [0.717, 1.165) is 12.1 Å². The van der Waals surface area contributed by atoms with Crippen molar-refractivity contribution in [1.82, 2.24) is 19.4 Å². The molecule has 3 N–H and O–H groups in total. The molecular weight excluding hydrogens is 624 g/mol. The largest absolute Gasteiger partial charge is 0.416 e. The smallest absolute Gasteiger partial charge is 0.349 e. The van der Waals surface area contributed by atoms with E-state index >= 15 is 0 Å². The Balaban J connectivity index is 0.00000162. The van der Waals surface area contributed by atoms with Crippen molar-refractivity contribution in [2.45, 2.75) is 72.0 Å². The number of H-pyrrole nitrogens is 1. The van der Waals surface area contributed by atoms with Crippen molar-refractivity contribution in [2.75, 3.05) is 13.2 Å². The van der Waals surface area contributed by atoms with Gasteiger partial charge in [0.15, 0.2) is 6.29 Å². The number of rotatable bonds is 7.